The number of hydrogen-bond donors (Lipinski definition) is 1. The molecule has 1 saturated heterocycles. The number of rotatable bonds is 2. The van der Waals surface area contributed by atoms with Crippen LogP contribution in [0.4, 0.5) is 0 Å². The third-order valence-corrected chi connectivity index (χ3v) is 4.63. The highest BCUT2D eigenvalue weighted by Gasteiger charge is 2.41. The van der Waals surface area contributed by atoms with Gasteiger partial charge in [0.1, 0.15) is 0 Å². The average Bonchev–Trinajstić information content (AvgIpc) is 2.87. The topological polar surface area (TPSA) is 29.5 Å². The molecule has 2 aliphatic rings. The summed E-state index contributed by atoms with van der Waals surface area (Å²) in [4.78, 5) is 0. The van der Waals surface area contributed by atoms with Crippen molar-refractivity contribution in [1.29, 1.82) is 0 Å². The lowest BCUT2D eigenvalue weighted by Gasteiger charge is -2.40. The minimum absolute atomic E-state index is 0.0959. The van der Waals surface area contributed by atoms with Crippen molar-refractivity contribution in [1.82, 2.24) is 0 Å². The molecule has 2 atom stereocenters. The Bertz CT molecular complexity index is 381. The van der Waals surface area contributed by atoms with Gasteiger partial charge in [0.2, 0.25) is 0 Å². The lowest BCUT2D eigenvalue weighted by Crippen LogP contribution is -2.39. The van der Waals surface area contributed by atoms with Gasteiger partial charge in [-0.1, -0.05) is 43.2 Å². The standard InChI is InChI=1S/C16H22O2/c17-15(13-6-2-1-3-7-13)14-8-11-18-16(12-14)9-4-5-10-16/h1-3,6-7,14-15,17H,4-5,8-12H2. The second kappa shape index (κ2) is 5.02. The fourth-order valence-electron chi connectivity index (χ4n) is 3.63. The zero-order valence-electron chi connectivity index (χ0n) is 10.8. The quantitative estimate of drug-likeness (QED) is 0.866. The Labute approximate surface area is 109 Å². The summed E-state index contributed by atoms with van der Waals surface area (Å²) in [6.45, 7) is 0.814. The molecule has 1 aromatic rings. The molecular formula is C16H22O2. The number of aliphatic hydroxyl groups excluding tert-OH is 1. The summed E-state index contributed by atoms with van der Waals surface area (Å²) in [5, 5.41) is 10.5. The van der Waals surface area contributed by atoms with Gasteiger partial charge in [0.25, 0.3) is 0 Å². The smallest absolute Gasteiger partial charge is 0.0820 e. The van der Waals surface area contributed by atoms with Gasteiger partial charge in [0, 0.05) is 6.61 Å². The van der Waals surface area contributed by atoms with Crippen molar-refractivity contribution in [3.05, 3.63) is 35.9 Å². The van der Waals surface area contributed by atoms with E-state index in [4.69, 9.17) is 4.74 Å². The molecule has 2 fully saturated rings. The highest BCUT2D eigenvalue weighted by molar-refractivity contribution is 5.18. The number of aliphatic hydroxyl groups is 1. The van der Waals surface area contributed by atoms with Gasteiger partial charge in [0.15, 0.2) is 0 Å². The Morgan fingerprint density at radius 3 is 2.61 bits per heavy atom. The van der Waals surface area contributed by atoms with Crippen LogP contribution in [-0.2, 0) is 4.74 Å². The number of benzene rings is 1. The van der Waals surface area contributed by atoms with E-state index in [0.29, 0.717) is 5.92 Å². The lowest BCUT2D eigenvalue weighted by atomic mass is 9.80. The molecule has 1 aliphatic carbocycles. The third-order valence-electron chi connectivity index (χ3n) is 4.63. The molecule has 2 nitrogen and oxygen atoms in total. The van der Waals surface area contributed by atoms with Crippen molar-refractivity contribution in [3.8, 4) is 0 Å². The van der Waals surface area contributed by atoms with Gasteiger partial charge < -0.3 is 9.84 Å². The molecule has 3 rings (SSSR count). The molecule has 1 saturated carbocycles. The number of hydrogen-bond acceptors (Lipinski definition) is 2. The predicted molar refractivity (Wildman–Crippen MR) is 71.3 cm³/mol. The van der Waals surface area contributed by atoms with Crippen LogP contribution in [0.25, 0.3) is 0 Å². The Hall–Kier alpha value is -0.860. The van der Waals surface area contributed by atoms with E-state index in [1.165, 1.54) is 25.7 Å². The van der Waals surface area contributed by atoms with Crippen LogP contribution in [0.3, 0.4) is 0 Å². The molecule has 98 valence electrons. The van der Waals surface area contributed by atoms with E-state index in [9.17, 15) is 5.11 Å². The van der Waals surface area contributed by atoms with Crippen molar-refractivity contribution >= 4 is 0 Å². The maximum atomic E-state index is 10.5. The highest BCUT2D eigenvalue weighted by Crippen LogP contribution is 2.45. The molecule has 1 heterocycles. The summed E-state index contributed by atoms with van der Waals surface area (Å²) < 4.78 is 6.03. The second-order valence-electron chi connectivity index (χ2n) is 5.85. The van der Waals surface area contributed by atoms with Crippen LogP contribution in [-0.4, -0.2) is 17.3 Å². The van der Waals surface area contributed by atoms with E-state index < -0.39 is 0 Å². The van der Waals surface area contributed by atoms with Crippen LogP contribution in [0.2, 0.25) is 0 Å². The van der Waals surface area contributed by atoms with Gasteiger partial charge in [-0.3, -0.25) is 0 Å². The normalized spacial score (nSPS) is 28.4. The average molecular weight is 246 g/mol. The summed E-state index contributed by atoms with van der Waals surface area (Å²) in [6, 6.07) is 10.1. The van der Waals surface area contributed by atoms with E-state index >= 15 is 0 Å². The van der Waals surface area contributed by atoms with Crippen molar-refractivity contribution in [2.24, 2.45) is 5.92 Å². The molecule has 2 heteroatoms. The predicted octanol–water partition coefficient (Wildman–Crippen LogP) is 3.46. The van der Waals surface area contributed by atoms with Crippen molar-refractivity contribution in [2.75, 3.05) is 6.61 Å². The fraction of sp³-hybridized carbons (Fsp3) is 0.625. The first kappa shape index (κ1) is 12.2. The van der Waals surface area contributed by atoms with Gasteiger partial charge in [-0.2, -0.15) is 0 Å². The Balaban J connectivity index is 1.72. The van der Waals surface area contributed by atoms with Crippen LogP contribution in [0.15, 0.2) is 30.3 Å². The largest absolute Gasteiger partial charge is 0.388 e. The van der Waals surface area contributed by atoms with Gasteiger partial charge in [-0.05, 0) is 37.2 Å². The molecule has 1 aliphatic heterocycles. The van der Waals surface area contributed by atoms with Crippen molar-refractivity contribution in [3.63, 3.8) is 0 Å². The van der Waals surface area contributed by atoms with E-state index in [1.54, 1.807) is 0 Å². The van der Waals surface area contributed by atoms with Gasteiger partial charge in [-0.25, -0.2) is 0 Å². The van der Waals surface area contributed by atoms with Gasteiger partial charge >= 0.3 is 0 Å². The van der Waals surface area contributed by atoms with Gasteiger partial charge in [-0.15, -0.1) is 0 Å². The summed E-state index contributed by atoms with van der Waals surface area (Å²) in [5.41, 5.74) is 1.15. The van der Waals surface area contributed by atoms with Crippen LogP contribution < -0.4 is 0 Å². The van der Waals surface area contributed by atoms with Crippen LogP contribution in [0.5, 0.6) is 0 Å². The summed E-state index contributed by atoms with van der Waals surface area (Å²) in [6.07, 6.45) is 6.63. The molecule has 0 amide bonds. The Morgan fingerprint density at radius 2 is 1.89 bits per heavy atom. The molecule has 2 unspecified atom stereocenters. The number of ether oxygens (including phenoxy) is 1. The van der Waals surface area contributed by atoms with E-state index in [0.717, 1.165) is 25.0 Å². The van der Waals surface area contributed by atoms with Crippen LogP contribution >= 0.6 is 0 Å². The van der Waals surface area contributed by atoms with Crippen LogP contribution in [0.1, 0.15) is 50.2 Å². The maximum absolute atomic E-state index is 10.5. The van der Waals surface area contributed by atoms with Crippen molar-refractivity contribution in [2.45, 2.75) is 50.2 Å². The summed E-state index contributed by atoms with van der Waals surface area (Å²) in [5.74, 6) is 0.360. The molecule has 0 aromatic heterocycles. The third kappa shape index (κ3) is 2.32. The fourth-order valence-corrected chi connectivity index (χ4v) is 3.63. The van der Waals surface area contributed by atoms with Crippen molar-refractivity contribution < 1.29 is 9.84 Å². The minimum Gasteiger partial charge on any atom is -0.388 e. The minimum atomic E-state index is -0.326. The zero-order chi connectivity index (χ0) is 12.4. The lowest BCUT2D eigenvalue weighted by molar-refractivity contribution is -0.113. The van der Waals surface area contributed by atoms with E-state index in [2.05, 4.69) is 0 Å². The monoisotopic (exact) mass is 246 g/mol. The molecule has 0 bridgehead atoms. The van der Waals surface area contributed by atoms with E-state index in [1.807, 2.05) is 30.3 Å². The summed E-state index contributed by atoms with van der Waals surface area (Å²) in [7, 11) is 0. The molecule has 1 N–H and O–H groups in total. The molecule has 18 heavy (non-hydrogen) atoms. The molecule has 0 radical (unpaired) electrons. The molecular weight excluding hydrogens is 224 g/mol. The molecule has 1 spiro atoms. The van der Waals surface area contributed by atoms with Gasteiger partial charge in [0.05, 0.1) is 11.7 Å². The van der Waals surface area contributed by atoms with Crippen LogP contribution in [0, 0.1) is 5.92 Å². The highest BCUT2D eigenvalue weighted by atomic mass is 16.5. The first-order valence-electron chi connectivity index (χ1n) is 7.16. The first-order valence-corrected chi connectivity index (χ1v) is 7.16. The first-order chi connectivity index (χ1) is 8.79. The molecule has 1 aromatic carbocycles. The SMILES string of the molecule is OC(c1ccccc1)C1CCOC2(CCCC2)C1. The maximum Gasteiger partial charge on any atom is 0.0820 e. The Morgan fingerprint density at radius 1 is 1.17 bits per heavy atom. The Kier molecular flexibility index (Phi) is 3.40. The van der Waals surface area contributed by atoms with E-state index in [-0.39, 0.29) is 11.7 Å². The zero-order valence-corrected chi connectivity index (χ0v) is 10.8. The summed E-state index contributed by atoms with van der Waals surface area (Å²) >= 11 is 0. The second-order valence-corrected chi connectivity index (χ2v) is 5.85.